The number of rotatable bonds is 5. The zero-order valence-corrected chi connectivity index (χ0v) is 19.1. The van der Waals surface area contributed by atoms with Crippen LogP contribution in [0.1, 0.15) is 29.5 Å². The van der Waals surface area contributed by atoms with E-state index in [0.717, 1.165) is 5.56 Å². The molecule has 172 valence electrons. The zero-order chi connectivity index (χ0) is 23.6. The fourth-order valence-electron chi connectivity index (χ4n) is 4.18. The van der Waals surface area contributed by atoms with Gasteiger partial charge >= 0.3 is 0 Å². The number of alkyl halides is 2. The van der Waals surface area contributed by atoms with Crippen molar-refractivity contribution >= 4 is 23.5 Å². The lowest BCUT2D eigenvalue weighted by Gasteiger charge is -2.43. The van der Waals surface area contributed by atoms with Crippen molar-refractivity contribution in [3.8, 4) is 11.1 Å². The minimum atomic E-state index is -2.99. The number of benzene rings is 1. The molecule has 1 unspecified atom stereocenters. The molecular formula is C24H24ClF2N5O. The molecular weight excluding hydrogens is 448 g/mol. The molecule has 0 aliphatic carbocycles. The number of amides is 1. The predicted molar refractivity (Wildman–Crippen MR) is 123 cm³/mol. The Bertz CT molecular complexity index is 1130. The topological polar surface area (TPSA) is 71.0 Å². The highest BCUT2D eigenvalue weighted by Gasteiger charge is 2.46. The third kappa shape index (κ3) is 5.27. The summed E-state index contributed by atoms with van der Waals surface area (Å²) in [5, 5.41) is 3.44. The molecule has 4 rings (SSSR count). The number of likely N-dealkylation sites (tertiary alicyclic amines) is 1. The summed E-state index contributed by atoms with van der Waals surface area (Å²) in [6.07, 6.45) is 2.58. The summed E-state index contributed by atoms with van der Waals surface area (Å²) >= 11 is 5.83. The Hall–Kier alpha value is -3.13. The molecule has 33 heavy (non-hydrogen) atoms. The maximum absolute atomic E-state index is 14.6. The number of nitrogens with one attached hydrogen (secondary N) is 1. The first-order valence-corrected chi connectivity index (χ1v) is 11.0. The highest BCUT2D eigenvalue weighted by Crippen LogP contribution is 2.36. The van der Waals surface area contributed by atoms with Gasteiger partial charge in [0.05, 0.1) is 30.0 Å². The Kier molecular flexibility index (Phi) is 6.56. The first-order chi connectivity index (χ1) is 15.7. The van der Waals surface area contributed by atoms with Crippen LogP contribution in [0.15, 0.2) is 54.9 Å². The van der Waals surface area contributed by atoms with E-state index in [0.29, 0.717) is 22.2 Å². The maximum atomic E-state index is 14.6. The minimum Gasteiger partial charge on any atom is -0.352 e. The van der Waals surface area contributed by atoms with E-state index in [2.05, 4.69) is 20.3 Å². The van der Waals surface area contributed by atoms with Crippen LogP contribution >= 0.6 is 11.6 Å². The van der Waals surface area contributed by atoms with E-state index in [4.69, 9.17) is 11.6 Å². The second kappa shape index (κ2) is 9.39. The SMILES string of the molecule is Cc1ccc(-c2ccccc2)c(C(=O)N2CC(F)(F)C[C@@H](C)C2CNc2ncc(Cl)cn2)n1. The Morgan fingerprint density at radius 1 is 1.18 bits per heavy atom. The number of nitrogens with zero attached hydrogens (tertiary/aromatic N) is 4. The molecule has 1 saturated heterocycles. The summed E-state index contributed by atoms with van der Waals surface area (Å²) in [7, 11) is 0. The van der Waals surface area contributed by atoms with Crippen molar-refractivity contribution in [2.24, 2.45) is 5.92 Å². The molecule has 6 nitrogen and oxygen atoms in total. The van der Waals surface area contributed by atoms with Gasteiger partial charge in [-0.2, -0.15) is 0 Å². The number of hydrogen-bond donors (Lipinski definition) is 1. The smallest absolute Gasteiger partial charge is 0.273 e. The molecule has 1 amide bonds. The van der Waals surface area contributed by atoms with E-state index in [1.165, 1.54) is 17.3 Å². The van der Waals surface area contributed by atoms with Gasteiger partial charge in [-0.3, -0.25) is 4.79 Å². The van der Waals surface area contributed by atoms with E-state index in [1.54, 1.807) is 13.8 Å². The molecule has 1 aliphatic heterocycles. The fourth-order valence-corrected chi connectivity index (χ4v) is 4.28. The Morgan fingerprint density at radius 3 is 2.58 bits per heavy atom. The Labute approximate surface area is 196 Å². The minimum absolute atomic E-state index is 0.166. The Morgan fingerprint density at radius 2 is 1.88 bits per heavy atom. The molecule has 0 saturated carbocycles. The molecule has 2 aromatic heterocycles. The molecule has 2 atom stereocenters. The summed E-state index contributed by atoms with van der Waals surface area (Å²) in [6, 6.07) is 12.5. The van der Waals surface area contributed by atoms with Crippen molar-refractivity contribution in [1.29, 1.82) is 0 Å². The second-order valence-electron chi connectivity index (χ2n) is 8.36. The van der Waals surface area contributed by atoms with Crippen LogP contribution in [0, 0.1) is 12.8 Å². The van der Waals surface area contributed by atoms with Crippen LogP contribution in [0.25, 0.3) is 11.1 Å². The maximum Gasteiger partial charge on any atom is 0.273 e. The van der Waals surface area contributed by atoms with Crippen LogP contribution in [0.4, 0.5) is 14.7 Å². The lowest BCUT2D eigenvalue weighted by Crippen LogP contribution is -2.57. The van der Waals surface area contributed by atoms with E-state index in [-0.39, 0.29) is 18.7 Å². The lowest BCUT2D eigenvalue weighted by molar-refractivity contribution is -0.0898. The van der Waals surface area contributed by atoms with Crippen LogP contribution in [-0.4, -0.2) is 50.8 Å². The van der Waals surface area contributed by atoms with Gasteiger partial charge in [0.15, 0.2) is 0 Å². The van der Waals surface area contributed by atoms with Crippen molar-refractivity contribution in [2.45, 2.75) is 32.2 Å². The van der Waals surface area contributed by atoms with Crippen LogP contribution in [0.3, 0.4) is 0 Å². The molecule has 3 heterocycles. The summed E-state index contributed by atoms with van der Waals surface area (Å²) < 4.78 is 29.2. The summed E-state index contributed by atoms with van der Waals surface area (Å²) in [4.78, 5) is 27.6. The van der Waals surface area contributed by atoms with Gasteiger partial charge in [-0.25, -0.2) is 23.7 Å². The average Bonchev–Trinajstić information content (AvgIpc) is 2.79. The van der Waals surface area contributed by atoms with Crippen LogP contribution in [0.2, 0.25) is 5.02 Å². The average molecular weight is 472 g/mol. The molecule has 1 N–H and O–H groups in total. The summed E-state index contributed by atoms with van der Waals surface area (Å²) in [5.74, 6) is -3.65. The van der Waals surface area contributed by atoms with Gasteiger partial charge in [0, 0.05) is 24.2 Å². The van der Waals surface area contributed by atoms with E-state index in [1.807, 2.05) is 42.5 Å². The van der Waals surface area contributed by atoms with E-state index >= 15 is 0 Å². The van der Waals surface area contributed by atoms with Crippen molar-refractivity contribution in [1.82, 2.24) is 19.9 Å². The monoisotopic (exact) mass is 471 g/mol. The molecule has 0 spiro atoms. The number of halogens is 3. The number of piperidine rings is 1. The van der Waals surface area contributed by atoms with Gasteiger partial charge in [-0.1, -0.05) is 54.9 Å². The third-order valence-electron chi connectivity index (χ3n) is 5.75. The van der Waals surface area contributed by atoms with Crippen LogP contribution in [0.5, 0.6) is 0 Å². The lowest BCUT2D eigenvalue weighted by atomic mass is 9.87. The van der Waals surface area contributed by atoms with Gasteiger partial charge < -0.3 is 10.2 Å². The van der Waals surface area contributed by atoms with E-state index in [9.17, 15) is 13.6 Å². The largest absolute Gasteiger partial charge is 0.352 e. The van der Waals surface area contributed by atoms with Crippen LogP contribution in [-0.2, 0) is 0 Å². The van der Waals surface area contributed by atoms with Crippen molar-refractivity contribution in [3.05, 3.63) is 71.3 Å². The van der Waals surface area contributed by atoms with Crippen molar-refractivity contribution in [3.63, 3.8) is 0 Å². The first kappa shape index (κ1) is 23.0. The summed E-state index contributed by atoms with van der Waals surface area (Å²) in [5.41, 5.74) is 2.22. The number of carbonyl (C=O) groups is 1. The highest BCUT2D eigenvalue weighted by atomic mass is 35.5. The standard InChI is InChI=1S/C24H24ClF2N5O/c1-15-10-24(26,27)14-32(20(15)13-30-23-28-11-18(25)12-29-23)22(33)21-19(9-8-16(2)31-21)17-6-4-3-5-7-17/h3-9,11-12,15,20H,10,13-14H2,1-2H3,(H,28,29,30)/t15-,20?/m1/s1. The normalized spacial score (nSPS) is 19.8. The first-order valence-electron chi connectivity index (χ1n) is 10.7. The van der Waals surface area contributed by atoms with Gasteiger partial charge in [0.1, 0.15) is 5.69 Å². The molecule has 1 fully saturated rings. The number of aromatic nitrogens is 3. The highest BCUT2D eigenvalue weighted by molar-refractivity contribution is 6.30. The molecule has 1 aliphatic rings. The van der Waals surface area contributed by atoms with Gasteiger partial charge in [-0.15, -0.1) is 0 Å². The molecule has 9 heteroatoms. The molecule has 0 radical (unpaired) electrons. The number of pyridine rings is 1. The van der Waals surface area contributed by atoms with Crippen molar-refractivity contribution in [2.75, 3.05) is 18.4 Å². The van der Waals surface area contributed by atoms with Gasteiger partial charge in [0.25, 0.3) is 11.8 Å². The molecule has 0 bridgehead atoms. The fraction of sp³-hybridized carbons (Fsp3) is 0.333. The summed E-state index contributed by atoms with van der Waals surface area (Å²) in [6.45, 7) is 3.05. The van der Waals surface area contributed by atoms with Crippen LogP contribution < -0.4 is 5.32 Å². The number of carbonyl (C=O) groups excluding carboxylic acids is 1. The number of aryl methyl sites for hydroxylation is 1. The second-order valence-corrected chi connectivity index (χ2v) is 8.79. The van der Waals surface area contributed by atoms with Gasteiger partial charge in [0.2, 0.25) is 5.95 Å². The Balaban J connectivity index is 1.67. The van der Waals surface area contributed by atoms with Crippen molar-refractivity contribution < 1.29 is 13.6 Å². The molecule has 3 aromatic rings. The van der Waals surface area contributed by atoms with E-state index < -0.39 is 30.3 Å². The molecule has 1 aromatic carbocycles. The quantitative estimate of drug-likeness (QED) is 0.560. The third-order valence-corrected chi connectivity index (χ3v) is 5.95. The van der Waals surface area contributed by atoms with Gasteiger partial charge in [-0.05, 0) is 24.5 Å². The predicted octanol–water partition coefficient (Wildman–Crippen LogP) is 5.10. The number of anilines is 1. The number of hydrogen-bond acceptors (Lipinski definition) is 5. The zero-order valence-electron chi connectivity index (χ0n) is 18.3.